The van der Waals surface area contributed by atoms with Gasteiger partial charge >= 0.3 is 0 Å². The predicted octanol–water partition coefficient (Wildman–Crippen LogP) is 3.25. The Balaban J connectivity index is 2.12. The first-order valence-electron chi connectivity index (χ1n) is 6.05. The van der Waals surface area contributed by atoms with Crippen LogP contribution in [0.2, 0.25) is 0 Å². The van der Waals surface area contributed by atoms with E-state index in [9.17, 15) is 0 Å². The van der Waals surface area contributed by atoms with Crippen molar-refractivity contribution < 1.29 is 0 Å². The Morgan fingerprint density at radius 1 is 1.26 bits per heavy atom. The van der Waals surface area contributed by atoms with Gasteiger partial charge in [0.1, 0.15) is 11.6 Å². The minimum Gasteiger partial charge on any atom is -0.256 e. The van der Waals surface area contributed by atoms with Crippen molar-refractivity contribution in [1.82, 2.24) is 19.7 Å². The topological polar surface area (TPSA) is 43.6 Å². The van der Waals surface area contributed by atoms with Gasteiger partial charge in [-0.15, -0.1) is 0 Å². The fraction of sp³-hybridized carbons (Fsp3) is 0.214. The van der Waals surface area contributed by atoms with Gasteiger partial charge in [0.15, 0.2) is 0 Å². The second-order valence-electron chi connectivity index (χ2n) is 4.50. The monoisotopic (exact) mass is 316 g/mol. The van der Waals surface area contributed by atoms with Crippen molar-refractivity contribution in [3.8, 4) is 0 Å². The van der Waals surface area contributed by atoms with Crippen LogP contribution in [-0.4, -0.2) is 19.7 Å². The lowest BCUT2D eigenvalue weighted by Gasteiger charge is -2.08. The second kappa shape index (κ2) is 4.74. The van der Waals surface area contributed by atoms with Gasteiger partial charge in [-0.2, -0.15) is 5.10 Å². The molecule has 0 atom stereocenters. The summed E-state index contributed by atoms with van der Waals surface area (Å²) in [4.78, 5) is 8.80. The van der Waals surface area contributed by atoms with Gasteiger partial charge in [0.05, 0.1) is 12.1 Å². The summed E-state index contributed by atoms with van der Waals surface area (Å²) >= 11 is 3.55. The number of aryl methyl sites for hydroxylation is 2. The van der Waals surface area contributed by atoms with Crippen LogP contribution >= 0.6 is 15.9 Å². The SMILES string of the molecule is Cc1nc(C)n(Cc2cc(Br)cc3cccnc23)n1. The summed E-state index contributed by atoms with van der Waals surface area (Å²) in [6.07, 6.45) is 1.82. The number of rotatable bonds is 2. The third-order valence-corrected chi connectivity index (χ3v) is 3.49. The van der Waals surface area contributed by atoms with Gasteiger partial charge in [-0.25, -0.2) is 9.67 Å². The van der Waals surface area contributed by atoms with E-state index in [1.54, 1.807) is 0 Å². The molecule has 0 unspecified atom stereocenters. The van der Waals surface area contributed by atoms with Crippen molar-refractivity contribution in [2.45, 2.75) is 20.4 Å². The fourth-order valence-electron chi connectivity index (χ4n) is 2.22. The van der Waals surface area contributed by atoms with E-state index in [0.29, 0.717) is 6.54 Å². The number of benzene rings is 1. The molecule has 0 aliphatic carbocycles. The van der Waals surface area contributed by atoms with Crippen LogP contribution in [0.1, 0.15) is 17.2 Å². The average molecular weight is 317 g/mol. The summed E-state index contributed by atoms with van der Waals surface area (Å²) in [5.41, 5.74) is 2.15. The zero-order chi connectivity index (χ0) is 13.4. The standard InChI is InChI=1S/C14H13BrN4/c1-9-17-10(2)19(18-9)8-12-7-13(15)6-11-4-3-5-16-14(11)12/h3-7H,8H2,1-2H3. The highest BCUT2D eigenvalue weighted by Gasteiger charge is 2.08. The molecule has 96 valence electrons. The summed E-state index contributed by atoms with van der Waals surface area (Å²) < 4.78 is 2.96. The number of hydrogen-bond acceptors (Lipinski definition) is 3. The normalized spacial score (nSPS) is 11.1. The van der Waals surface area contributed by atoms with Gasteiger partial charge in [-0.05, 0) is 32.0 Å². The Morgan fingerprint density at radius 2 is 2.11 bits per heavy atom. The molecule has 0 fully saturated rings. The van der Waals surface area contributed by atoms with Gasteiger partial charge < -0.3 is 0 Å². The van der Waals surface area contributed by atoms with Crippen LogP contribution < -0.4 is 0 Å². The van der Waals surface area contributed by atoms with E-state index in [1.165, 1.54) is 0 Å². The molecule has 0 bridgehead atoms. The quantitative estimate of drug-likeness (QED) is 0.729. The zero-order valence-electron chi connectivity index (χ0n) is 10.8. The maximum Gasteiger partial charge on any atom is 0.147 e. The number of nitrogens with zero attached hydrogens (tertiary/aromatic N) is 4. The highest BCUT2D eigenvalue weighted by molar-refractivity contribution is 9.10. The molecule has 5 heteroatoms. The fourth-order valence-corrected chi connectivity index (χ4v) is 2.74. The molecule has 0 spiro atoms. The first-order chi connectivity index (χ1) is 9.13. The minimum atomic E-state index is 0.680. The van der Waals surface area contributed by atoms with Gasteiger partial charge in [-0.1, -0.05) is 22.0 Å². The van der Waals surface area contributed by atoms with Crippen molar-refractivity contribution in [2.24, 2.45) is 0 Å². The molecule has 0 N–H and O–H groups in total. The van der Waals surface area contributed by atoms with E-state index in [2.05, 4.69) is 49.2 Å². The number of hydrogen-bond donors (Lipinski definition) is 0. The van der Waals surface area contributed by atoms with Crippen molar-refractivity contribution in [1.29, 1.82) is 0 Å². The molecular weight excluding hydrogens is 304 g/mol. The molecule has 0 saturated heterocycles. The Labute approximate surface area is 119 Å². The Bertz CT molecular complexity index is 748. The van der Waals surface area contributed by atoms with E-state index in [-0.39, 0.29) is 0 Å². The van der Waals surface area contributed by atoms with Crippen molar-refractivity contribution in [2.75, 3.05) is 0 Å². The molecule has 1 aromatic carbocycles. The van der Waals surface area contributed by atoms with Crippen LogP contribution in [0.3, 0.4) is 0 Å². The van der Waals surface area contributed by atoms with Gasteiger partial charge in [0.2, 0.25) is 0 Å². The van der Waals surface area contributed by atoms with Crippen LogP contribution in [-0.2, 0) is 6.54 Å². The lowest BCUT2D eigenvalue weighted by molar-refractivity contribution is 0.658. The summed E-state index contributed by atoms with van der Waals surface area (Å²) in [5.74, 6) is 1.71. The van der Waals surface area contributed by atoms with Crippen LogP contribution in [0.4, 0.5) is 0 Å². The Hall–Kier alpha value is -1.75. The maximum atomic E-state index is 4.47. The van der Waals surface area contributed by atoms with Crippen LogP contribution in [0, 0.1) is 13.8 Å². The largest absolute Gasteiger partial charge is 0.256 e. The summed E-state index contributed by atoms with van der Waals surface area (Å²) in [6.45, 7) is 4.55. The van der Waals surface area contributed by atoms with E-state index >= 15 is 0 Å². The Kier molecular flexibility index (Phi) is 3.06. The first-order valence-corrected chi connectivity index (χ1v) is 6.84. The third-order valence-electron chi connectivity index (χ3n) is 3.03. The summed E-state index contributed by atoms with van der Waals surface area (Å²) in [7, 11) is 0. The van der Waals surface area contributed by atoms with Crippen molar-refractivity contribution >= 4 is 26.8 Å². The minimum absolute atomic E-state index is 0.680. The number of aromatic nitrogens is 4. The molecule has 2 aromatic heterocycles. The molecule has 0 saturated carbocycles. The average Bonchev–Trinajstić information content (AvgIpc) is 2.67. The number of fused-ring (bicyclic) bond motifs is 1. The van der Waals surface area contributed by atoms with Crippen LogP contribution in [0.5, 0.6) is 0 Å². The van der Waals surface area contributed by atoms with E-state index in [4.69, 9.17) is 0 Å². The van der Waals surface area contributed by atoms with E-state index in [0.717, 1.165) is 32.6 Å². The summed E-state index contributed by atoms with van der Waals surface area (Å²) in [6, 6.07) is 8.18. The van der Waals surface area contributed by atoms with E-state index < -0.39 is 0 Å². The third kappa shape index (κ3) is 2.38. The molecule has 3 aromatic rings. The predicted molar refractivity (Wildman–Crippen MR) is 78.0 cm³/mol. The molecule has 0 amide bonds. The van der Waals surface area contributed by atoms with E-state index in [1.807, 2.05) is 30.8 Å². The summed E-state index contributed by atoms with van der Waals surface area (Å²) in [5, 5.41) is 5.53. The van der Waals surface area contributed by atoms with Crippen LogP contribution in [0.15, 0.2) is 34.9 Å². The first kappa shape index (κ1) is 12.3. The number of halogens is 1. The van der Waals surface area contributed by atoms with Crippen molar-refractivity contribution in [3.63, 3.8) is 0 Å². The van der Waals surface area contributed by atoms with Crippen LogP contribution in [0.25, 0.3) is 10.9 Å². The molecule has 0 aliphatic heterocycles. The highest BCUT2D eigenvalue weighted by atomic mass is 79.9. The molecular formula is C14H13BrN4. The smallest absolute Gasteiger partial charge is 0.147 e. The number of pyridine rings is 1. The molecule has 0 radical (unpaired) electrons. The lowest BCUT2D eigenvalue weighted by Crippen LogP contribution is -2.05. The molecule has 2 heterocycles. The highest BCUT2D eigenvalue weighted by Crippen LogP contribution is 2.23. The lowest BCUT2D eigenvalue weighted by atomic mass is 10.1. The Morgan fingerprint density at radius 3 is 2.84 bits per heavy atom. The van der Waals surface area contributed by atoms with Gasteiger partial charge in [0.25, 0.3) is 0 Å². The van der Waals surface area contributed by atoms with Gasteiger partial charge in [0, 0.05) is 21.6 Å². The molecule has 0 aliphatic rings. The molecule has 19 heavy (non-hydrogen) atoms. The zero-order valence-corrected chi connectivity index (χ0v) is 12.3. The molecule has 3 rings (SSSR count). The maximum absolute atomic E-state index is 4.47. The van der Waals surface area contributed by atoms with Crippen molar-refractivity contribution in [3.05, 3.63) is 52.1 Å². The second-order valence-corrected chi connectivity index (χ2v) is 5.42. The van der Waals surface area contributed by atoms with Gasteiger partial charge in [-0.3, -0.25) is 4.98 Å². The molecule has 4 nitrogen and oxygen atoms in total.